The molecule has 0 amide bonds. The summed E-state index contributed by atoms with van der Waals surface area (Å²) in [6.07, 6.45) is 4.29. The molecule has 0 aliphatic rings. The first-order chi connectivity index (χ1) is 12.2. The molecule has 0 radical (unpaired) electrons. The molecule has 0 aliphatic heterocycles. The minimum Gasteiger partial charge on any atom is -0.461 e. The fraction of sp³-hybridized carbons (Fsp3) is 0.238. The van der Waals surface area contributed by atoms with Crippen LogP contribution in [-0.2, 0) is 29.1 Å². The average molecular weight is 334 g/mol. The molecule has 0 spiro atoms. The van der Waals surface area contributed by atoms with Crippen LogP contribution in [0.4, 0.5) is 0 Å². The average Bonchev–Trinajstić information content (AvgIpc) is 3.08. The summed E-state index contributed by atoms with van der Waals surface area (Å²) in [5.74, 6) is 0.465. The molecular weight excluding hydrogens is 312 g/mol. The predicted octanol–water partition coefficient (Wildman–Crippen LogP) is 3.85. The van der Waals surface area contributed by atoms with Gasteiger partial charge in [0.05, 0.1) is 5.92 Å². The Bertz CT molecular complexity index is 797. The van der Waals surface area contributed by atoms with E-state index in [0.717, 1.165) is 17.9 Å². The minimum atomic E-state index is -0.236. The molecule has 0 aliphatic carbocycles. The maximum absolute atomic E-state index is 12.3. The van der Waals surface area contributed by atoms with E-state index in [2.05, 4.69) is 21.7 Å². The van der Waals surface area contributed by atoms with E-state index in [0.29, 0.717) is 13.0 Å². The second-order valence-corrected chi connectivity index (χ2v) is 6.16. The molecule has 2 aromatic carbocycles. The third kappa shape index (κ3) is 4.80. The standard InChI is InChI=1S/C21H22N2O2/c1-17(21(24)25-16-19-10-6-3-7-11-19)14-20-22-12-13-23(20)15-18-8-4-2-5-9-18/h2-13,17H,14-16H2,1H3. The summed E-state index contributed by atoms with van der Waals surface area (Å²) in [6.45, 7) is 2.94. The Labute approximate surface area is 148 Å². The molecule has 1 aromatic heterocycles. The van der Waals surface area contributed by atoms with Gasteiger partial charge in [-0.15, -0.1) is 0 Å². The van der Waals surface area contributed by atoms with Gasteiger partial charge < -0.3 is 9.30 Å². The number of esters is 1. The highest BCUT2D eigenvalue weighted by Crippen LogP contribution is 2.12. The van der Waals surface area contributed by atoms with E-state index in [1.54, 1.807) is 6.20 Å². The normalized spacial score (nSPS) is 11.9. The van der Waals surface area contributed by atoms with Crippen LogP contribution >= 0.6 is 0 Å². The Kier molecular flexibility index (Phi) is 5.62. The molecule has 0 saturated heterocycles. The fourth-order valence-electron chi connectivity index (χ4n) is 2.68. The van der Waals surface area contributed by atoms with Crippen molar-refractivity contribution in [1.29, 1.82) is 0 Å². The summed E-state index contributed by atoms with van der Waals surface area (Å²) in [4.78, 5) is 16.7. The lowest BCUT2D eigenvalue weighted by atomic mass is 10.1. The molecule has 3 rings (SSSR count). The molecule has 1 atom stereocenters. The topological polar surface area (TPSA) is 44.1 Å². The van der Waals surface area contributed by atoms with Gasteiger partial charge in [-0.25, -0.2) is 4.98 Å². The van der Waals surface area contributed by atoms with Crippen molar-refractivity contribution in [3.63, 3.8) is 0 Å². The van der Waals surface area contributed by atoms with E-state index in [1.165, 1.54) is 5.56 Å². The van der Waals surface area contributed by atoms with Gasteiger partial charge in [-0.3, -0.25) is 4.79 Å². The number of hydrogen-bond donors (Lipinski definition) is 0. The minimum absolute atomic E-state index is 0.196. The predicted molar refractivity (Wildman–Crippen MR) is 96.9 cm³/mol. The van der Waals surface area contributed by atoms with Crippen LogP contribution in [0.2, 0.25) is 0 Å². The van der Waals surface area contributed by atoms with E-state index in [9.17, 15) is 4.79 Å². The van der Waals surface area contributed by atoms with Gasteiger partial charge in [0.2, 0.25) is 0 Å². The highest BCUT2D eigenvalue weighted by Gasteiger charge is 2.18. The molecule has 0 bridgehead atoms. The van der Waals surface area contributed by atoms with Gasteiger partial charge in [-0.2, -0.15) is 0 Å². The molecule has 4 nitrogen and oxygen atoms in total. The summed E-state index contributed by atoms with van der Waals surface area (Å²) in [5.41, 5.74) is 2.20. The largest absolute Gasteiger partial charge is 0.461 e. The number of ether oxygens (including phenoxy) is 1. The number of nitrogens with zero attached hydrogens (tertiary/aromatic N) is 2. The van der Waals surface area contributed by atoms with Crippen molar-refractivity contribution in [3.05, 3.63) is 90.0 Å². The van der Waals surface area contributed by atoms with Crippen LogP contribution in [0.15, 0.2) is 73.1 Å². The maximum atomic E-state index is 12.3. The number of aromatic nitrogens is 2. The molecular formula is C21H22N2O2. The molecule has 0 fully saturated rings. The first kappa shape index (κ1) is 17.0. The lowest BCUT2D eigenvalue weighted by molar-refractivity contribution is -0.149. The fourth-order valence-corrected chi connectivity index (χ4v) is 2.68. The second kappa shape index (κ2) is 8.29. The summed E-state index contributed by atoms with van der Waals surface area (Å²) in [7, 11) is 0. The van der Waals surface area contributed by atoms with Crippen molar-refractivity contribution in [2.75, 3.05) is 0 Å². The van der Waals surface area contributed by atoms with Crippen LogP contribution < -0.4 is 0 Å². The van der Waals surface area contributed by atoms with E-state index in [-0.39, 0.29) is 11.9 Å². The van der Waals surface area contributed by atoms with Crippen LogP contribution in [0.1, 0.15) is 23.9 Å². The van der Waals surface area contributed by atoms with Crippen LogP contribution in [0.5, 0.6) is 0 Å². The van der Waals surface area contributed by atoms with Crippen molar-refractivity contribution in [3.8, 4) is 0 Å². The van der Waals surface area contributed by atoms with Crippen molar-refractivity contribution in [1.82, 2.24) is 9.55 Å². The molecule has 1 heterocycles. The molecule has 4 heteroatoms. The monoisotopic (exact) mass is 334 g/mol. The lowest BCUT2D eigenvalue weighted by Crippen LogP contribution is -2.19. The Hall–Kier alpha value is -2.88. The van der Waals surface area contributed by atoms with Crippen LogP contribution in [0.25, 0.3) is 0 Å². The molecule has 3 aromatic rings. The van der Waals surface area contributed by atoms with Gasteiger partial charge in [0.25, 0.3) is 0 Å². The summed E-state index contributed by atoms with van der Waals surface area (Å²) >= 11 is 0. The first-order valence-corrected chi connectivity index (χ1v) is 8.47. The Morgan fingerprint density at radius 1 is 1.04 bits per heavy atom. The van der Waals surface area contributed by atoms with Crippen LogP contribution in [-0.4, -0.2) is 15.5 Å². The van der Waals surface area contributed by atoms with Gasteiger partial charge in [0.15, 0.2) is 0 Å². The molecule has 25 heavy (non-hydrogen) atoms. The summed E-state index contributed by atoms with van der Waals surface area (Å²) in [6, 6.07) is 19.9. The van der Waals surface area contributed by atoms with E-state index < -0.39 is 0 Å². The van der Waals surface area contributed by atoms with Gasteiger partial charge in [0.1, 0.15) is 12.4 Å². The van der Waals surface area contributed by atoms with Crippen molar-refractivity contribution in [2.24, 2.45) is 5.92 Å². The highest BCUT2D eigenvalue weighted by molar-refractivity contribution is 5.72. The third-order valence-corrected chi connectivity index (χ3v) is 4.11. The molecule has 0 saturated carbocycles. The number of hydrogen-bond acceptors (Lipinski definition) is 3. The van der Waals surface area contributed by atoms with Gasteiger partial charge in [-0.05, 0) is 11.1 Å². The second-order valence-electron chi connectivity index (χ2n) is 6.16. The Morgan fingerprint density at radius 2 is 1.68 bits per heavy atom. The van der Waals surface area contributed by atoms with Crippen molar-refractivity contribution < 1.29 is 9.53 Å². The number of carbonyl (C=O) groups excluding carboxylic acids is 1. The van der Waals surface area contributed by atoms with E-state index in [4.69, 9.17) is 4.74 Å². The molecule has 1 unspecified atom stereocenters. The number of rotatable bonds is 7. The zero-order chi connectivity index (χ0) is 17.5. The van der Waals surface area contributed by atoms with Crippen LogP contribution in [0, 0.1) is 5.92 Å². The maximum Gasteiger partial charge on any atom is 0.309 e. The zero-order valence-corrected chi connectivity index (χ0v) is 14.3. The highest BCUT2D eigenvalue weighted by atomic mass is 16.5. The zero-order valence-electron chi connectivity index (χ0n) is 14.3. The van der Waals surface area contributed by atoms with Crippen molar-refractivity contribution >= 4 is 5.97 Å². The Balaban J connectivity index is 1.57. The van der Waals surface area contributed by atoms with Crippen LogP contribution in [0.3, 0.4) is 0 Å². The quantitative estimate of drug-likeness (QED) is 0.616. The van der Waals surface area contributed by atoms with Gasteiger partial charge >= 0.3 is 5.97 Å². The summed E-state index contributed by atoms with van der Waals surface area (Å²) in [5, 5.41) is 0. The summed E-state index contributed by atoms with van der Waals surface area (Å²) < 4.78 is 7.50. The van der Waals surface area contributed by atoms with Gasteiger partial charge in [-0.1, -0.05) is 67.6 Å². The SMILES string of the molecule is CC(Cc1nccn1Cc1ccccc1)C(=O)OCc1ccccc1. The smallest absolute Gasteiger partial charge is 0.309 e. The number of imidazole rings is 1. The molecule has 128 valence electrons. The number of benzene rings is 2. The Morgan fingerprint density at radius 3 is 2.36 bits per heavy atom. The van der Waals surface area contributed by atoms with Crippen molar-refractivity contribution in [2.45, 2.75) is 26.5 Å². The third-order valence-electron chi connectivity index (χ3n) is 4.11. The molecule has 0 N–H and O–H groups in total. The van der Waals surface area contributed by atoms with Gasteiger partial charge in [0, 0.05) is 25.4 Å². The number of carbonyl (C=O) groups is 1. The van der Waals surface area contributed by atoms with E-state index in [1.807, 2.05) is 61.7 Å². The lowest BCUT2D eigenvalue weighted by Gasteiger charge is -2.13. The first-order valence-electron chi connectivity index (χ1n) is 8.47. The van der Waals surface area contributed by atoms with E-state index >= 15 is 0 Å².